The number of benzene rings is 2. The summed E-state index contributed by atoms with van der Waals surface area (Å²) in [5.41, 5.74) is 1.11. The Morgan fingerprint density at radius 1 is 1.00 bits per heavy atom. The molecule has 3 rings (SSSR count). The van der Waals surface area contributed by atoms with E-state index in [-0.39, 0.29) is 5.69 Å². The molecule has 0 unspecified atom stereocenters. The molecule has 8 nitrogen and oxygen atoms in total. The zero-order chi connectivity index (χ0) is 21.0. The highest BCUT2D eigenvalue weighted by Gasteiger charge is 2.17. The number of hydrogen-bond acceptors (Lipinski definition) is 5. The Kier molecular flexibility index (Phi) is 5.94. The largest absolute Gasteiger partial charge is 0.465 e. The molecule has 1 aromatic heterocycles. The van der Waals surface area contributed by atoms with Crippen LogP contribution in [0.1, 0.15) is 31.2 Å². The van der Waals surface area contributed by atoms with E-state index in [9.17, 15) is 14.4 Å². The number of methoxy groups -OCH3 is 1. The molecule has 2 amide bonds. The summed E-state index contributed by atoms with van der Waals surface area (Å²) in [6.45, 7) is 0. The molecule has 0 aliphatic carbocycles. The van der Waals surface area contributed by atoms with Crippen LogP contribution in [0.5, 0.6) is 0 Å². The van der Waals surface area contributed by atoms with Crippen molar-refractivity contribution in [3.8, 4) is 0 Å². The molecule has 2 aromatic carbocycles. The minimum absolute atomic E-state index is 0.0884. The van der Waals surface area contributed by atoms with E-state index >= 15 is 0 Å². The number of nitrogens with zero attached hydrogens (tertiary/aromatic N) is 2. The quantitative estimate of drug-likeness (QED) is 0.625. The second-order valence-corrected chi connectivity index (χ2v) is 6.41. The Hall–Kier alpha value is -3.65. The second-order valence-electron chi connectivity index (χ2n) is 6.00. The fourth-order valence-electron chi connectivity index (χ4n) is 2.56. The van der Waals surface area contributed by atoms with Crippen molar-refractivity contribution in [1.82, 2.24) is 9.78 Å². The average Bonchev–Trinajstić information content (AvgIpc) is 3.08. The first-order valence-corrected chi connectivity index (χ1v) is 8.86. The molecule has 0 aliphatic rings. The van der Waals surface area contributed by atoms with Crippen molar-refractivity contribution in [2.75, 3.05) is 17.7 Å². The van der Waals surface area contributed by atoms with E-state index in [2.05, 4.69) is 20.5 Å². The number of anilines is 2. The number of hydrogen-bond donors (Lipinski definition) is 2. The molecule has 0 radical (unpaired) electrons. The van der Waals surface area contributed by atoms with E-state index < -0.39 is 17.8 Å². The van der Waals surface area contributed by atoms with Gasteiger partial charge in [-0.15, -0.1) is 0 Å². The van der Waals surface area contributed by atoms with Crippen molar-refractivity contribution in [3.63, 3.8) is 0 Å². The van der Waals surface area contributed by atoms with Crippen molar-refractivity contribution >= 4 is 40.9 Å². The van der Waals surface area contributed by atoms with Crippen molar-refractivity contribution < 1.29 is 19.1 Å². The van der Waals surface area contributed by atoms with Gasteiger partial charge < -0.3 is 15.4 Å². The number of ether oxygens (including phenoxy) is 1. The highest BCUT2D eigenvalue weighted by molar-refractivity contribution is 6.34. The summed E-state index contributed by atoms with van der Waals surface area (Å²) in [7, 11) is 2.87. The first-order chi connectivity index (χ1) is 13.9. The molecule has 0 saturated heterocycles. The zero-order valence-electron chi connectivity index (χ0n) is 15.6. The van der Waals surface area contributed by atoms with Crippen LogP contribution in [0.25, 0.3) is 0 Å². The first kappa shape index (κ1) is 20.1. The third-order valence-electron chi connectivity index (χ3n) is 4.01. The summed E-state index contributed by atoms with van der Waals surface area (Å²) in [4.78, 5) is 36.5. The van der Waals surface area contributed by atoms with Crippen LogP contribution in [0, 0.1) is 0 Å². The summed E-state index contributed by atoms with van der Waals surface area (Å²) in [6.07, 6.45) is 0. The van der Waals surface area contributed by atoms with Gasteiger partial charge in [-0.1, -0.05) is 29.8 Å². The molecule has 0 saturated carbocycles. The second kappa shape index (κ2) is 8.57. The molecule has 0 bridgehead atoms. The van der Waals surface area contributed by atoms with Crippen LogP contribution < -0.4 is 10.6 Å². The fourth-order valence-corrected chi connectivity index (χ4v) is 2.78. The minimum Gasteiger partial charge on any atom is -0.465 e. The Morgan fingerprint density at radius 2 is 1.76 bits per heavy atom. The number of aromatic nitrogens is 2. The maximum atomic E-state index is 12.5. The van der Waals surface area contributed by atoms with E-state index in [4.69, 9.17) is 11.6 Å². The van der Waals surface area contributed by atoms with Crippen LogP contribution in [0.15, 0.2) is 54.6 Å². The highest BCUT2D eigenvalue weighted by Crippen LogP contribution is 2.18. The summed E-state index contributed by atoms with van der Waals surface area (Å²) in [6, 6.07) is 14.4. The topological polar surface area (TPSA) is 102 Å². The third-order valence-corrected chi connectivity index (χ3v) is 4.34. The average molecular weight is 413 g/mol. The molecule has 0 fully saturated rings. The molecule has 2 N–H and O–H groups in total. The van der Waals surface area contributed by atoms with Gasteiger partial charge in [-0.2, -0.15) is 5.10 Å². The number of rotatable bonds is 5. The molecule has 9 heteroatoms. The van der Waals surface area contributed by atoms with Crippen LogP contribution in [0.4, 0.5) is 11.5 Å². The third kappa shape index (κ3) is 4.61. The number of halogens is 1. The predicted molar refractivity (Wildman–Crippen MR) is 108 cm³/mol. The van der Waals surface area contributed by atoms with Gasteiger partial charge in [0, 0.05) is 18.8 Å². The van der Waals surface area contributed by atoms with Crippen LogP contribution in [-0.2, 0) is 11.8 Å². The molecular formula is C20H17ClN4O4. The van der Waals surface area contributed by atoms with Gasteiger partial charge in [0.25, 0.3) is 11.8 Å². The smallest absolute Gasteiger partial charge is 0.337 e. The van der Waals surface area contributed by atoms with Gasteiger partial charge >= 0.3 is 5.97 Å². The van der Waals surface area contributed by atoms with Crippen LogP contribution >= 0.6 is 11.6 Å². The molecule has 148 valence electrons. The lowest BCUT2D eigenvalue weighted by atomic mass is 10.2. The number of esters is 1. The lowest BCUT2D eigenvalue weighted by Crippen LogP contribution is -2.14. The van der Waals surface area contributed by atoms with Gasteiger partial charge in [-0.05, 0) is 30.3 Å². The van der Waals surface area contributed by atoms with Gasteiger partial charge in [0.1, 0.15) is 5.82 Å². The number of carbonyl (C=O) groups is 3. The summed E-state index contributed by atoms with van der Waals surface area (Å²) in [5, 5.41) is 9.76. The first-order valence-electron chi connectivity index (χ1n) is 8.48. The van der Waals surface area contributed by atoms with Crippen molar-refractivity contribution in [3.05, 3.63) is 76.4 Å². The van der Waals surface area contributed by atoms with Gasteiger partial charge in [-0.25, -0.2) is 4.79 Å². The number of amides is 2. The van der Waals surface area contributed by atoms with Crippen molar-refractivity contribution in [2.45, 2.75) is 0 Å². The monoisotopic (exact) mass is 412 g/mol. The van der Waals surface area contributed by atoms with Crippen LogP contribution in [0.3, 0.4) is 0 Å². The van der Waals surface area contributed by atoms with E-state index in [0.717, 1.165) is 0 Å². The molecule has 1 heterocycles. The normalized spacial score (nSPS) is 10.3. The zero-order valence-corrected chi connectivity index (χ0v) is 16.4. The van der Waals surface area contributed by atoms with Crippen LogP contribution in [-0.4, -0.2) is 34.7 Å². The molecule has 0 spiro atoms. The maximum Gasteiger partial charge on any atom is 0.337 e. The number of nitrogens with one attached hydrogen (secondary N) is 2. The Balaban J connectivity index is 1.74. The lowest BCUT2D eigenvalue weighted by Gasteiger charge is -2.06. The van der Waals surface area contributed by atoms with Gasteiger partial charge in [-0.3, -0.25) is 14.3 Å². The SMILES string of the molecule is COC(=O)c1cccc(NC(=O)c2cc(NC(=O)c3ccccc3Cl)n(C)n2)c1. The Labute approximate surface area is 171 Å². The van der Waals surface area contributed by atoms with E-state index in [1.165, 1.54) is 23.9 Å². The van der Waals surface area contributed by atoms with E-state index in [0.29, 0.717) is 27.7 Å². The summed E-state index contributed by atoms with van der Waals surface area (Å²) < 4.78 is 6.03. The fraction of sp³-hybridized carbons (Fsp3) is 0.100. The summed E-state index contributed by atoms with van der Waals surface area (Å²) >= 11 is 6.04. The lowest BCUT2D eigenvalue weighted by molar-refractivity contribution is 0.0600. The standard InChI is InChI=1S/C20H17ClN4O4/c1-25-17(23-18(26)14-8-3-4-9-15(14)21)11-16(24-25)19(27)22-13-7-5-6-12(10-13)20(28)29-2/h3-11H,1-2H3,(H,22,27)(H,23,26). The van der Waals surface area contributed by atoms with E-state index in [1.807, 2.05) is 0 Å². The Bertz CT molecular complexity index is 1090. The molecule has 29 heavy (non-hydrogen) atoms. The van der Waals surface area contributed by atoms with E-state index in [1.54, 1.807) is 49.5 Å². The van der Waals surface area contributed by atoms with Gasteiger partial charge in [0.2, 0.25) is 0 Å². The number of aryl methyl sites for hydroxylation is 1. The predicted octanol–water partition coefficient (Wildman–Crippen LogP) is 3.36. The maximum absolute atomic E-state index is 12.5. The van der Waals surface area contributed by atoms with Crippen LogP contribution in [0.2, 0.25) is 5.02 Å². The van der Waals surface area contributed by atoms with Gasteiger partial charge in [0.05, 0.1) is 23.3 Å². The van der Waals surface area contributed by atoms with Crippen molar-refractivity contribution in [1.29, 1.82) is 0 Å². The van der Waals surface area contributed by atoms with Gasteiger partial charge in [0.15, 0.2) is 5.69 Å². The highest BCUT2D eigenvalue weighted by atomic mass is 35.5. The number of carbonyl (C=O) groups excluding carboxylic acids is 3. The minimum atomic E-state index is -0.511. The Morgan fingerprint density at radius 3 is 2.48 bits per heavy atom. The van der Waals surface area contributed by atoms with Crippen molar-refractivity contribution in [2.24, 2.45) is 7.05 Å². The molecule has 0 aliphatic heterocycles. The molecule has 3 aromatic rings. The molecular weight excluding hydrogens is 396 g/mol. The molecule has 0 atom stereocenters. The summed E-state index contributed by atoms with van der Waals surface area (Å²) in [5.74, 6) is -1.11.